The molecule has 0 unspecified atom stereocenters. The van der Waals surface area contributed by atoms with E-state index in [1.807, 2.05) is 36.4 Å². The number of hydrogen-bond acceptors (Lipinski definition) is 2. The van der Waals surface area contributed by atoms with Crippen LogP contribution in [0.15, 0.2) is 58.5 Å². The predicted molar refractivity (Wildman–Crippen MR) is 63.3 cm³/mol. The van der Waals surface area contributed by atoms with Gasteiger partial charge in [-0.1, -0.05) is 36.4 Å². The van der Waals surface area contributed by atoms with Crippen molar-refractivity contribution in [2.45, 2.75) is 0 Å². The SMILES string of the molecule is c1ccc2c(c1)N=C1N=c3ccccc3=C12. The van der Waals surface area contributed by atoms with Gasteiger partial charge in [0.05, 0.1) is 11.0 Å². The van der Waals surface area contributed by atoms with Crippen molar-refractivity contribution in [1.82, 2.24) is 0 Å². The van der Waals surface area contributed by atoms with E-state index >= 15 is 0 Å². The van der Waals surface area contributed by atoms with Crippen LogP contribution in [0.2, 0.25) is 0 Å². The fourth-order valence-electron chi connectivity index (χ4n) is 2.32. The summed E-state index contributed by atoms with van der Waals surface area (Å²) in [6, 6.07) is 16.4. The van der Waals surface area contributed by atoms with Crippen molar-refractivity contribution in [2.75, 3.05) is 0 Å². The second kappa shape index (κ2) is 2.67. The van der Waals surface area contributed by atoms with Crippen LogP contribution >= 0.6 is 0 Å². The van der Waals surface area contributed by atoms with E-state index in [0.717, 1.165) is 16.9 Å². The zero-order valence-electron chi connectivity index (χ0n) is 8.51. The maximum atomic E-state index is 4.54. The second-order valence-electron chi connectivity index (χ2n) is 3.96. The Morgan fingerprint density at radius 2 is 1.56 bits per heavy atom. The number of benzene rings is 2. The summed E-state index contributed by atoms with van der Waals surface area (Å²) < 4.78 is 0. The van der Waals surface area contributed by atoms with Gasteiger partial charge in [0, 0.05) is 16.4 Å². The third-order valence-corrected chi connectivity index (χ3v) is 3.02. The Morgan fingerprint density at radius 3 is 2.56 bits per heavy atom. The summed E-state index contributed by atoms with van der Waals surface area (Å²) in [5, 5.41) is 2.23. The van der Waals surface area contributed by atoms with Crippen LogP contribution in [0.5, 0.6) is 0 Å². The lowest BCUT2D eigenvalue weighted by molar-refractivity contribution is 1.38. The van der Waals surface area contributed by atoms with Crippen LogP contribution in [0, 0.1) is 0 Å². The van der Waals surface area contributed by atoms with Crippen LogP contribution in [0.3, 0.4) is 0 Å². The Morgan fingerprint density at radius 1 is 0.750 bits per heavy atom. The van der Waals surface area contributed by atoms with Gasteiger partial charge in [-0.05, 0) is 12.1 Å². The quantitative estimate of drug-likeness (QED) is 0.622. The van der Waals surface area contributed by atoms with Gasteiger partial charge in [0.25, 0.3) is 0 Å². The van der Waals surface area contributed by atoms with Gasteiger partial charge in [-0.2, -0.15) is 0 Å². The van der Waals surface area contributed by atoms with E-state index in [1.54, 1.807) is 0 Å². The smallest absolute Gasteiger partial charge is 0.161 e. The van der Waals surface area contributed by atoms with Crippen LogP contribution in [0.1, 0.15) is 5.56 Å². The molecule has 0 aromatic heterocycles. The highest BCUT2D eigenvalue weighted by Crippen LogP contribution is 2.33. The number of aliphatic imine (C=N–C) groups is 1. The molecule has 2 heterocycles. The van der Waals surface area contributed by atoms with Crippen molar-refractivity contribution in [3.63, 3.8) is 0 Å². The summed E-state index contributed by atoms with van der Waals surface area (Å²) in [6.45, 7) is 0. The predicted octanol–water partition coefficient (Wildman–Crippen LogP) is 1.56. The molecule has 0 spiro atoms. The topological polar surface area (TPSA) is 24.7 Å². The number of para-hydroxylation sites is 2. The number of fused-ring (bicyclic) bond motifs is 4. The first-order chi connectivity index (χ1) is 7.93. The summed E-state index contributed by atoms with van der Waals surface area (Å²) >= 11 is 0. The van der Waals surface area contributed by atoms with Gasteiger partial charge in [-0.15, -0.1) is 0 Å². The van der Waals surface area contributed by atoms with E-state index in [-0.39, 0.29) is 0 Å². The largest absolute Gasteiger partial charge is 0.228 e. The maximum Gasteiger partial charge on any atom is 0.161 e. The molecule has 2 aromatic rings. The van der Waals surface area contributed by atoms with E-state index < -0.39 is 0 Å². The molecule has 0 bridgehead atoms. The van der Waals surface area contributed by atoms with Crippen LogP contribution in [-0.2, 0) is 0 Å². The van der Waals surface area contributed by atoms with E-state index in [9.17, 15) is 0 Å². The molecule has 16 heavy (non-hydrogen) atoms. The van der Waals surface area contributed by atoms with Crippen LogP contribution < -0.4 is 10.6 Å². The van der Waals surface area contributed by atoms with Gasteiger partial charge in [-0.25, -0.2) is 9.98 Å². The van der Waals surface area contributed by atoms with Crippen molar-refractivity contribution < 1.29 is 0 Å². The molecule has 2 heteroatoms. The monoisotopic (exact) mass is 204 g/mol. The van der Waals surface area contributed by atoms with Gasteiger partial charge in [0.1, 0.15) is 0 Å². The average Bonchev–Trinajstić information content (AvgIpc) is 2.83. The molecule has 0 N–H and O–H groups in total. The highest BCUT2D eigenvalue weighted by atomic mass is 15.0. The molecule has 2 aromatic carbocycles. The lowest BCUT2D eigenvalue weighted by Gasteiger charge is -1.96. The summed E-state index contributed by atoms with van der Waals surface area (Å²) in [6.07, 6.45) is 0. The minimum absolute atomic E-state index is 0.863. The zero-order chi connectivity index (χ0) is 10.5. The van der Waals surface area contributed by atoms with Crippen LogP contribution in [-0.4, -0.2) is 5.84 Å². The molecule has 0 atom stereocenters. The van der Waals surface area contributed by atoms with E-state index in [0.29, 0.717) is 0 Å². The molecule has 2 aliphatic rings. The van der Waals surface area contributed by atoms with Crippen LogP contribution in [0.25, 0.3) is 5.57 Å². The Bertz CT molecular complexity index is 754. The summed E-state index contributed by atoms with van der Waals surface area (Å²) in [4.78, 5) is 9.08. The van der Waals surface area contributed by atoms with Gasteiger partial charge in [-0.3, -0.25) is 0 Å². The molecule has 2 nitrogen and oxygen atoms in total. The van der Waals surface area contributed by atoms with E-state index in [2.05, 4.69) is 22.1 Å². The fraction of sp³-hybridized carbons (Fsp3) is 0. The number of amidine groups is 1. The third-order valence-electron chi connectivity index (χ3n) is 3.02. The molecule has 0 saturated heterocycles. The Labute approximate surface area is 92.3 Å². The number of nitrogens with zero attached hydrogens (tertiary/aromatic N) is 2. The maximum absolute atomic E-state index is 4.54. The number of rotatable bonds is 0. The van der Waals surface area contributed by atoms with Gasteiger partial charge in [0.2, 0.25) is 0 Å². The molecule has 4 rings (SSSR count). The molecule has 0 fully saturated rings. The third kappa shape index (κ3) is 0.865. The molecular formula is C14H8N2. The minimum Gasteiger partial charge on any atom is -0.228 e. The van der Waals surface area contributed by atoms with Crippen molar-refractivity contribution in [3.8, 4) is 0 Å². The summed E-state index contributed by atoms with van der Waals surface area (Å²) in [7, 11) is 0. The van der Waals surface area contributed by atoms with Crippen LogP contribution in [0.4, 0.5) is 5.69 Å². The first-order valence-corrected chi connectivity index (χ1v) is 5.30. The van der Waals surface area contributed by atoms with E-state index in [4.69, 9.17) is 0 Å². The minimum atomic E-state index is 0.863. The van der Waals surface area contributed by atoms with E-state index in [1.165, 1.54) is 16.4 Å². The molecular weight excluding hydrogens is 196 g/mol. The lowest BCUT2D eigenvalue weighted by Crippen LogP contribution is -2.22. The van der Waals surface area contributed by atoms with Crippen molar-refractivity contribution in [3.05, 3.63) is 64.7 Å². The number of hydrogen-bond donors (Lipinski definition) is 0. The molecule has 0 amide bonds. The molecule has 0 radical (unpaired) electrons. The van der Waals surface area contributed by atoms with Crippen molar-refractivity contribution in [2.24, 2.45) is 9.98 Å². The lowest BCUT2D eigenvalue weighted by atomic mass is 10.0. The first-order valence-electron chi connectivity index (χ1n) is 5.30. The summed E-state index contributed by atoms with van der Waals surface area (Å²) in [5.74, 6) is 0.863. The standard InChI is InChI=1S/C14H8N2/c1-3-7-11-9(5-1)13-10-6-2-4-8-12(10)16-14(13)15-11/h1-8H. The Kier molecular flexibility index (Phi) is 1.33. The first kappa shape index (κ1) is 7.99. The zero-order valence-corrected chi connectivity index (χ0v) is 8.51. The molecule has 0 saturated carbocycles. The second-order valence-corrected chi connectivity index (χ2v) is 3.96. The van der Waals surface area contributed by atoms with Crippen molar-refractivity contribution >= 4 is 17.1 Å². The molecule has 74 valence electrons. The summed E-state index contributed by atoms with van der Waals surface area (Å²) in [5.41, 5.74) is 3.42. The normalized spacial score (nSPS) is 15.0. The van der Waals surface area contributed by atoms with Crippen molar-refractivity contribution in [1.29, 1.82) is 0 Å². The Balaban J connectivity index is 2.22. The Hall–Kier alpha value is -2.22. The van der Waals surface area contributed by atoms with Gasteiger partial charge in [0.15, 0.2) is 5.84 Å². The highest BCUT2D eigenvalue weighted by molar-refractivity contribution is 6.28. The average molecular weight is 204 g/mol. The van der Waals surface area contributed by atoms with Gasteiger partial charge >= 0.3 is 0 Å². The fourth-order valence-corrected chi connectivity index (χ4v) is 2.32. The molecule has 0 aliphatic carbocycles. The highest BCUT2D eigenvalue weighted by Gasteiger charge is 2.23. The molecule has 2 aliphatic heterocycles. The van der Waals surface area contributed by atoms with Gasteiger partial charge < -0.3 is 0 Å².